The molecule has 10 heteroatoms. The highest BCUT2D eigenvalue weighted by molar-refractivity contribution is 6.33. The smallest absolute Gasteiger partial charge is 0.256 e. The largest absolute Gasteiger partial charge is 0.385 e. The number of hydrogen-bond acceptors (Lipinski definition) is 7. The maximum absolute atomic E-state index is 12.8. The summed E-state index contributed by atoms with van der Waals surface area (Å²) in [5, 5.41) is 25.1. The van der Waals surface area contributed by atoms with Crippen molar-refractivity contribution >= 4 is 34.2 Å². The lowest BCUT2D eigenvalue weighted by atomic mass is 9.94. The third-order valence-electron chi connectivity index (χ3n) is 5.08. The van der Waals surface area contributed by atoms with E-state index in [9.17, 15) is 15.0 Å². The van der Waals surface area contributed by atoms with E-state index in [0.717, 1.165) is 5.56 Å². The first-order chi connectivity index (χ1) is 13.8. The third-order valence-corrected chi connectivity index (χ3v) is 5.38. The van der Waals surface area contributed by atoms with Crippen molar-refractivity contribution in [1.29, 1.82) is 0 Å². The van der Waals surface area contributed by atoms with Gasteiger partial charge in [0.15, 0.2) is 12.3 Å². The molecule has 1 aliphatic rings. The summed E-state index contributed by atoms with van der Waals surface area (Å²) in [6.07, 6.45) is -0.855. The van der Waals surface area contributed by atoms with Gasteiger partial charge in [0, 0.05) is 18.4 Å². The zero-order valence-electron chi connectivity index (χ0n) is 15.5. The second-order valence-electron chi connectivity index (χ2n) is 7.10. The Kier molecular flexibility index (Phi) is 5.01. The van der Waals surface area contributed by atoms with E-state index in [1.807, 2.05) is 6.07 Å². The Morgan fingerprint density at radius 3 is 2.97 bits per heavy atom. The summed E-state index contributed by atoms with van der Waals surface area (Å²) in [7, 11) is 0. The lowest BCUT2D eigenvalue weighted by molar-refractivity contribution is -0.137. The van der Waals surface area contributed by atoms with Crippen LogP contribution < -0.4 is 11.1 Å². The molecule has 29 heavy (non-hydrogen) atoms. The zero-order valence-corrected chi connectivity index (χ0v) is 16.2. The van der Waals surface area contributed by atoms with Gasteiger partial charge in [-0.1, -0.05) is 23.7 Å². The fourth-order valence-electron chi connectivity index (χ4n) is 3.47. The second-order valence-corrected chi connectivity index (χ2v) is 7.45. The number of aromatic nitrogens is 3. The Morgan fingerprint density at radius 2 is 2.21 bits per heavy atom. The topological polar surface area (TPSA) is 136 Å². The van der Waals surface area contributed by atoms with Crippen LogP contribution in [-0.2, 0) is 16.1 Å². The van der Waals surface area contributed by atoms with Crippen LogP contribution >= 0.6 is 11.6 Å². The molecule has 1 fully saturated rings. The highest BCUT2D eigenvalue weighted by Crippen LogP contribution is 2.39. The Balaban J connectivity index is 1.62. The van der Waals surface area contributed by atoms with E-state index in [1.165, 1.54) is 17.8 Å². The number of carbonyl (C=O) groups is 1. The number of benzene rings is 1. The van der Waals surface area contributed by atoms with Gasteiger partial charge in [0.05, 0.1) is 5.39 Å². The number of nitrogens with two attached hydrogens (primary N) is 1. The summed E-state index contributed by atoms with van der Waals surface area (Å²) in [5.74, 6) is -0.588. The van der Waals surface area contributed by atoms with Crippen LogP contribution in [-0.4, -0.2) is 48.5 Å². The highest BCUT2D eigenvalue weighted by Gasteiger charge is 2.56. The molecule has 4 atom stereocenters. The first kappa shape index (κ1) is 19.7. The molecule has 0 radical (unpaired) electrons. The summed E-state index contributed by atoms with van der Waals surface area (Å²) in [6, 6.07) is 8.70. The molecular formula is C19H20ClN5O4. The van der Waals surface area contributed by atoms with Crippen LogP contribution in [0.3, 0.4) is 0 Å². The maximum atomic E-state index is 12.8. The number of halogens is 1. The Bertz CT molecular complexity index is 1070. The summed E-state index contributed by atoms with van der Waals surface area (Å²) in [6.45, 7) is 1.68. The molecule has 1 aromatic carbocycles. The number of carbonyl (C=O) groups excluding carboxylic acids is 1. The molecular weight excluding hydrogens is 398 g/mol. The quantitative estimate of drug-likeness (QED) is 0.468. The highest BCUT2D eigenvalue weighted by atomic mass is 35.5. The van der Waals surface area contributed by atoms with Gasteiger partial charge < -0.3 is 30.6 Å². The summed E-state index contributed by atoms with van der Waals surface area (Å²) in [4.78, 5) is 20.9. The van der Waals surface area contributed by atoms with E-state index in [-0.39, 0.29) is 5.15 Å². The van der Waals surface area contributed by atoms with E-state index in [4.69, 9.17) is 22.1 Å². The number of nitrogens with zero attached hydrogens (tertiary/aromatic N) is 3. The van der Waals surface area contributed by atoms with Crippen LogP contribution in [0.2, 0.25) is 5.15 Å². The van der Waals surface area contributed by atoms with Crippen LogP contribution in [0.25, 0.3) is 11.0 Å². The molecule has 4 rings (SSSR count). The van der Waals surface area contributed by atoms with Crippen molar-refractivity contribution in [3.8, 4) is 0 Å². The molecule has 3 aromatic rings. The van der Waals surface area contributed by atoms with Gasteiger partial charge in [0.25, 0.3) is 5.91 Å². The van der Waals surface area contributed by atoms with Gasteiger partial charge in [0.2, 0.25) is 0 Å². The maximum Gasteiger partial charge on any atom is 0.256 e. The van der Waals surface area contributed by atoms with E-state index >= 15 is 0 Å². The molecule has 1 saturated heterocycles. The SMILES string of the molecule is C[C@@]1(O)[C@@H](C(=O)Nc2cccc(CN)c2)O[C@@H](n2ccc3c(Cl)ncnc32)[C@@H]1O. The molecule has 0 aliphatic carbocycles. The molecule has 1 amide bonds. The van der Waals surface area contributed by atoms with Crippen LogP contribution in [0.15, 0.2) is 42.9 Å². The number of hydrogen-bond donors (Lipinski definition) is 4. The van der Waals surface area contributed by atoms with Crippen molar-refractivity contribution in [1.82, 2.24) is 14.5 Å². The van der Waals surface area contributed by atoms with Crippen molar-refractivity contribution < 1.29 is 19.7 Å². The monoisotopic (exact) mass is 417 g/mol. The molecule has 1 aliphatic heterocycles. The standard InChI is InChI=1S/C19H20ClN5O4/c1-19(28)13(26)18(25-6-5-12-15(20)22-9-23-16(12)25)29-14(19)17(27)24-11-4-2-3-10(7-11)8-21/h2-7,9,13-14,18,26,28H,8,21H2,1H3,(H,24,27)/t13-,14+,18+,19-/m0/s1. The van der Waals surface area contributed by atoms with E-state index in [2.05, 4.69) is 15.3 Å². The van der Waals surface area contributed by atoms with Crippen LogP contribution in [0, 0.1) is 0 Å². The molecule has 0 unspecified atom stereocenters. The molecule has 3 heterocycles. The van der Waals surface area contributed by atoms with Gasteiger partial charge in [0.1, 0.15) is 28.8 Å². The number of nitrogens with one attached hydrogen (secondary N) is 1. The minimum absolute atomic E-state index is 0.252. The van der Waals surface area contributed by atoms with Gasteiger partial charge in [-0.15, -0.1) is 0 Å². The summed E-state index contributed by atoms with van der Waals surface area (Å²) in [5.41, 5.74) is 5.56. The van der Waals surface area contributed by atoms with Gasteiger partial charge >= 0.3 is 0 Å². The fraction of sp³-hybridized carbons (Fsp3) is 0.316. The predicted octanol–water partition coefficient (Wildman–Crippen LogP) is 1.19. The van der Waals surface area contributed by atoms with E-state index in [0.29, 0.717) is 23.3 Å². The first-order valence-corrected chi connectivity index (χ1v) is 9.33. The zero-order chi connectivity index (χ0) is 20.8. The van der Waals surface area contributed by atoms with Crippen molar-refractivity contribution in [3.05, 3.63) is 53.6 Å². The Labute approximate surface area is 171 Å². The van der Waals surface area contributed by atoms with Gasteiger partial charge in [-0.25, -0.2) is 9.97 Å². The van der Waals surface area contributed by atoms with E-state index < -0.39 is 29.9 Å². The predicted molar refractivity (Wildman–Crippen MR) is 106 cm³/mol. The fourth-order valence-corrected chi connectivity index (χ4v) is 3.66. The lowest BCUT2D eigenvalue weighted by Crippen LogP contribution is -2.49. The van der Waals surface area contributed by atoms with Crippen molar-refractivity contribution in [2.75, 3.05) is 5.32 Å². The molecule has 0 bridgehead atoms. The van der Waals surface area contributed by atoms with Gasteiger partial charge in [-0.3, -0.25) is 4.79 Å². The van der Waals surface area contributed by atoms with Crippen molar-refractivity contribution in [3.63, 3.8) is 0 Å². The van der Waals surface area contributed by atoms with Gasteiger partial charge in [-0.05, 0) is 30.7 Å². The minimum Gasteiger partial charge on any atom is -0.385 e. The van der Waals surface area contributed by atoms with Crippen LogP contribution in [0.1, 0.15) is 18.7 Å². The first-order valence-electron chi connectivity index (χ1n) is 8.95. The molecule has 0 spiro atoms. The third kappa shape index (κ3) is 3.37. The summed E-state index contributed by atoms with van der Waals surface area (Å²) >= 11 is 6.07. The molecule has 152 valence electrons. The number of fused-ring (bicyclic) bond motifs is 1. The normalized spacial score (nSPS) is 26.7. The molecule has 0 saturated carbocycles. The van der Waals surface area contributed by atoms with Crippen LogP contribution in [0.4, 0.5) is 5.69 Å². The second kappa shape index (κ2) is 7.36. The number of amides is 1. The van der Waals surface area contributed by atoms with Crippen molar-refractivity contribution in [2.24, 2.45) is 5.73 Å². The number of ether oxygens (including phenoxy) is 1. The summed E-state index contributed by atoms with van der Waals surface area (Å²) < 4.78 is 7.31. The number of anilines is 1. The van der Waals surface area contributed by atoms with Crippen LogP contribution in [0.5, 0.6) is 0 Å². The van der Waals surface area contributed by atoms with E-state index in [1.54, 1.807) is 30.5 Å². The average molecular weight is 418 g/mol. The Morgan fingerprint density at radius 1 is 1.41 bits per heavy atom. The number of aliphatic hydroxyl groups is 2. The molecule has 5 N–H and O–H groups in total. The van der Waals surface area contributed by atoms with Crippen molar-refractivity contribution in [2.45, 2.75) is 37.5 Å². The van der Waals surface area contributed by atoms with Gasteiger partial charge in [-0.2, -0.15) is 0 Å². The molecule has 2 aromatic heterocycles. The number of rotatable bonds is 4. The lowest BCUT2D eigenvalue weighted by Gasteiger charge is -2.25. The Hall–Kier alpha value is -2.56. The average Bonchev–Trinajstić information content (AvgIpc) is 3.22. The minimum atomic E-state index is -1.84. The molecule has 9 nitrogen and oxygen atoms in total. The number of aliphatic hydroxyl groups excluding tert-OH is 1.